The lowest BCUT2D eigenvalue weighted by Gasteiger charge is -2.00. The minimum absolute atomic E-state index is 0.607. The molecule has 1 atom stereocenters. The van der Waals surface area contributed by atoms with Gasteiger partial charge in [-0.25, -0.2) is 0 Å². The fraction of sp³-hybridized carbons (Fsp3) is 0.556. The van der Waals surface area contributed by atoms with Gasteiger partial charge in [0.2, 0.25) is 11.0 Å². The lowest BCUT2D eigenvalue weighted by atomic mass is 10.1. The van der Waals surface area contributed by atoms with Crippen LogP contribution in [-0.2, 0) is 6.42 Å². The molecule has 4 heteroatoms. The Labute approximate surface area is 81.6 Å². The average Bonchev–Trinajstić information content (AvgIpc) is 2.76. The van der Waals surface area contributed by atoms with Crippen molar-refractivity contribution in [3.05, 3.63) is 18.0 Å². The van der Waals surface area contributed by atoms with Crippen molar-refractivity contribution in [1.82, 2.24) is 10.1 Å². The molecule has 2 rings (SSSR count). The Kier molecular flexibility index (Phi) is 2.68. The van der Waals surface area contributed by atoms with Crippen LogP contribution in [0.4, 0.5) is 0 Å². The largest absolute Gasteiger partial charge is 0.338 e. The SMILES string of the molecule is CSc1noc(CC2C=CCC2)n1. The summed E-state index contributed by atoms with van der Waals surface area (Å²) in [5, 5.41) is 4.56. The Morgan fingerprint density at radius 2 is 2.62 bits per heavy atom. The molecule has 1 heterocycles. The van der Waals surface area contributed by atoms with Gasteiger partial charge in [-0.1, -0.05) is 29.1 Å². The van der Waals surface area contributed by atoms with Crippen LogP contribution < -0.4 is 0 Å². The maximum atomic E-state index is 5.10. The molecule has 0 bridgehead atoms. The Bertz CT molecular complexity index is 308. The van der Waals surface area contributed by atoms with Crippen LogP contribution >= 0.6 is 11.8 Å². The molecular formula is C9H12N2OS. The molecule has 1 unspecified atom stereocenters. The Balaban J connectivity index is 1.96. The quantitative estimate of drug-likeness (QED) is 0.549. The monoisotopic (exact) mass is 196 g/mol. The minimum Gasteiger partial charge on any atom is -0.338 e. The molecule has 0 saturated carbocycles. The third-order valence-corrected chi connectivity index (χ3v) is 2.71. The first kappa shape index (κ1) is 8.81. The standard InChI is InChI=1S/C9H12N2OS/c1-13-9-10-8(12-11-9)6-7-4-2-3-5-7/h2,4,7H,3,5-6H2,1H3. The summed E-state index contributed by atoms with van der Waals surface area (Å²) >= 11 is 1.51. The summed E-state index contributed by atoms with van der Waals surface area (Å²) < 4.78 is 5.10. The fourth-order valence-electron chi connectivity index (χ4n) is 1.49. The van der Waals surface area contributed by atoms with E-state index in [0.29, 0.717) is 5.92 Å². The van der Waals surface area contributed by atoms with Crippen molar-refractivity contribution in [3.8, 4) is 0 Å². The lowest BCUT2D eigenvalue weighted by molar-refractivity contribution is 0.355. The first-order valence-electron chi connectivity index (χ1n) is 4.41. The van der Waals surface area contributed by atoms with E-state index in [1.165, 1.54) is 24.6 Å². The van der Waals surface area contributed by atoms with Gasteiger partial charge in [0.05, 0.1) is 0 Å². The fourth-order valence-corrected chi connectivity index (χ4v) is 1.80. The van der Waals surface area contributed by atoms with Crippen molar-refractivity contribution in [2.24, 2.45) is 5.92 Å². The number of nitrogens with zero attached hydrogens (tertiary/aromatic N) is 2. The van der Waals surface area contributed by atoms with E-state index in [9.17, 15) is 0 Å². The third kappa shape index (κ3) is 2.12. The Hall–Kier alpha value is -0.770. The number of rotatable bonds is 3. The molecule has 3 nitrogen and oxygen atoms in total. The van der Waals surface area contributed by atoms with E-state index in [4.69, 9.17) is 4.52 Å². The van der Waals surface area contributed by atoms with Crippen LogP contribution in [0, 0.1) is 5.92 Å². The summed E-state index contributed by atoms with van der Waals surface area (Å²) in [6.07, 6.45) is 9.71. The van der Waals surface area contributed by atoms with Crippen LogP contribution in [0.5, 0.6) is 0 Å². The molecule has 1 aliphatic rings. The van der Waals surface area contributed by atoms with Gasteiger partial charge in [0.1, 0.15) is 0 Å². The van der Waals surface area contributed by atoms with Gasteiger partial charge in [-0.05, 0) is 25.0 Å². The third-order valence-electron chi connectivity index (χ3n) is 2.18. The second kappa shape index (κ2) is 3.96. The first-order valence-corrected chi connectivity index (χ1v) is 5.64. The predicted molar refractivity (Wildman–Crippen MR) is 51.6 cm³/mol. The number of hydrogen-bond acceptors (Lipinski definition) is 4. The maximum Gasteiger partial charge on any atom is 0.229 e. The van der Waals surface area contributed by atoms with Crippen LogP contribution in [0.25, 0.3) is 0 Å². The van der Waals surface area contributed by atoms with E-state index < -0.39 is 0 Å². The molecule has 0 aromatic carbocycles. The normalized spacial score (nSPS) is 21.2. The zero-order valence-corrected chi connectivity index (χ0v) is 8.38. The molecule has 0 fully saturated rings. The Morgan fingerprint density at radius 3 is 3.23 bits per heavy atom. The van der Waals surface area contributed by atoms with E-state index in [2.05, 4.69) is 22.3 Å². The molecule has 13 heavy (non-hydrogen) atoms. The van der Waals surface area contributed by atoms with Gasteiger partial charge in [-0.2, -0.15) is 4.98 Å². The topological polar surface area (TPSA) is 38.9 Å². The highest BCUT2D eigenvalue weighted by molar-refractivity contribution is 7.98. The molecule has 0 N–H and O–H groups in total. The number of allylic oxidation sites excluding steroid dienone is 2. The van der Waals surface area contributed by atoms with E-state index in [-0.39, 0.29) is 0 Å². The van der Waals surface area contributed by atoms with E-state index in [1.807, 2.05) is 6.26 Å². The summed E-state index contributed by atoms with van der Waals surface area (Å²) in [6, 6.07) is 0. The second-order valence-corrected chi connectivity index (χ2v) is 3.92. The number of thioether (sulfide) groups is 1. The number of hydrogen-bond donors (Lipinski definition) is 0. The van der Waals surface area contributed by atoms with Crippen molar-refractivity contribution in [3.63, 3.8) is 0 Å². The van der Waals surface area contributed by atoms with Crippen molar-refractivity contribution in [2.45, 2.75) is 24.4 Å². The highest BCUT2D eigenvalue weighted by Crippen LogP contribution is 2.21. The molecule has 0 radical (unpaired) electrons. The Morgan fingerprint density at radius 1 is 1.69 bits per heavy atom. The van der Waals surface area contributed by atoms with Crippen molar-refractivity contribution in [1.29, 1.82) is 0 Å². The van der Waals surface area contributed by atoms with Gasteiger partial charge < -0.3 is 4.52 Å². The van der Waals surface area contributed by atoms with Crippen LogP contribution in [0.15, 0.2) is 21.8 Å². The summed E-state index contributed by atoms with van der Waals surface area (Å²) in [6.45, 7) is 0. The molecule has 0 saturated heterocycles. The zero-order valence-electron chi connectivity index (χ0n) is 7.56. The van der Waals surface area contributed by atoms with Gasteiger partial charge >= 0.3 is 0 Å². The van der Waals surface area contributed by atoms with E-state index in [0.717, 1.165) is 17.5 Å². The highest BCUT2D eigenvalue weighted by Gasteiger charge is 2.14. The molecular weight excluding hydrogens is 184 g/mol. The van der Waals surface area contributed by atoms with E-state index in [1.54, 1.807) is 0 Å². The molecule has 0 amide bonds. The van der Waals surface area contributed by atoms with Gasteiger partial charge in [0, 0.05) is 6.42 Å². The van der Waals surface area contributed by atoms with Gasteiger partial charge in [-0.15, -0.1) is 0 Å². The zero-order chi connectivity index (χ0) is 9.10. The highest BCUT2D eigenvalue weighted by atomic mass is 32.2. The van der Waals surface area contributed by atoms with Gasteiger partial charge in [0.25, 0.3) is 0 Å². The van der Waals surface area contributed by atoms with Crippen LogP contribution in [0.1, 0.15) is 18.7 Å². The summed E-state index contributed by atoms with van der Waals surface area (Å²) in [4.78, 5) is 4.24. The maximum absolute atomic E-state index is 5.10. The molecule has 1 aromatic rings. The molecule has 0 aliphatic heterocycles. The summed E-state index contributed by atoms with van der Waals surface area (Å²) in [5.41, 5.74) is 0. The molecule has 1 aromatic heterocycles. The lowest BCUT2D eigenvalue weighted by Crippen LogP contribution is -1.97. The smallest absolute Gasteiger partial charge is 0.229 e. The van der Waals surface area contributed by atoms with Crippen LogP contribution in [-0.4, -0.2) is 16.4 Å². The molecule has 0 spiro atoms. The molecule has 70 valence electrons. The summed E-state index contributed by atoms with van der Waals surface area (Å²) in [5.74, 6) is 1.37. The van der Waals surface area contributed by atoms with Crippen molar-refractivity contribution < 1.29 is 4.52 Å². The van der Waals surface area contributed by atoms with Gasteiger partial charge in [-0.3, -0.25) is 0 Å². The number of aromatic nitrogens is 2. The van der Waals surface area contributed by atoms with Crippen molar-refractivity contribution >= 4 is 11.8 Å². The van der Waals surface area contributed by atoms with Crippen LogP contribution in [0.3, 0.4) is 0 Å². The predicted octanol–water partition coefficient (Wildman–Crippen LogP) is 2.30. The molecule has 1 aliphatic carbocycles. The second-order valence-electron chi connectivity index (χ2n) is 3.14. The summed E-state index contributed by atoms with van der Waals surface area (Å²) in [7, 11) is 0. The minimum atomic E-state index is 0.607. The van der Waals surface area contributed by atoms with Crippen molar-refractivity contribution in [2.75, 3.05) is 6.26 Å². The van der Waals surface area contributed by atoms with Gasteiger partial charge in [0.15, 0.2) is 0 Å². The first-order chi connectivity index (χ1) is 6.38. The average molecular weight is 196 g/mol. The van der Waals surface area contributed by atoms with Crippen LogP contribution in [0.2, 0.25) is 0 Å². The van der Waals surface area contributed by atoms with E-state index >= 15 is 0 Å².